The Morgan fingerprint density at radius 2 is 1.33 bits per heavy atom. The number of aromatic nitrogens is 3. The molecule has 0 amide bonds. The van der Waals surface area contributed by atoms with Crippen LogP contribution in [-0.4, -0.2) is 9.97 Å². The van der Waals surface area contributed by atoms with E-state index < -0.39 is 0 Å². The Morgan fingerprint density at radius 3 is 2.00 bits per heavy atom. The van der Waals surface area contributed by atoms with Crippen LogP contribution in [0.5, 0.6) is 5.75 Å². The molecule has 0 bridgehead atoms. The fourth-order valence-electron chi connectivity index (χ4n) is 3.31. The van der Waals surface area contributed by atoms with E-state index in [4.69, 9.17) is 9.97 Å². The second-order valence-electron chi connectivity index (χ2n) is 6.18. The van der Waals surface area contributed by atoms with Gasteiger partial charge in [-0.3, -0.25) is 0 Å². The number of nitrogens with zero attached hydrogens (tertiary/aromatic N) is 3. The summed E-state index contributed by atoms with van der Waals surface area (Å²) in [5.74, 6) is -0.0564. The van der Waals surface area contributed by atoms with Crippen LogP contribution in [0.25, 0.3) is 38.5 Å². The highest BCUT2D eigenvalue weighted by Gasteiger charge is 2.19. The van der Waals surface area contributed by atoms with Gasteiger partial charge in [-0.1, -0.05) is 30.3 Å². The van der Waals surface area contributed by atoms with E-state index in [0.29, 0.717) is 16.6 Å². The Labute approximate surface area is 171 Å². The molecule has 2 heterocycles. The number of fused-ring (bicyclic) bond motifs is 4. The molecule has 0 aliphatic rings. The van der Waals surface area contributed by atoms with Gasteiger partial charge in [-0.05, 0) is 55.1 Å². The molecule has 4 nitrogen and oxygen atoms in total. The first-order chi connectivity index (χ1) is 13.1. The number of halogens is 2. The van der Waals surface area contributed by atoms with E-state index in [2.05, 4.69) is 31.9 Å². The van der Waals surface area contributed by atoms with Gasteiger partial charge in [0.15, 0.2) is 17.9 Å². The van der Waals surface area contributed by atoms with Crippen LogP contribution < -0.4 is 9.67 Å². The van der Waals surface area contributed by atoms with Crippen LogP contribution in [0.2, 0.25) is 0 Å². The largest absolute Gasteiger partial charge is 0.867 e. The van der Waals surface area contributed by atoms with Crippen molar-refractivity contribution in [2.24, 2.45) is 0 Å². The van der Waals surface area contributed by atoms with Crippen molar-refractivity contribution < 1.29 is 9.67 Å². The highest BCUT2D eigenvalue weighted by molar-refractivity contribution is 9.13. The van der Waals surface area contributed by atoms with Crippen molar-refractivity contribution in [1.29, 1.82) is 0 Å². The van der Waals surface area contributed by atoms with Gasteiger partial charge in [0.25, 0.3) is 0 Å². The third-order valence-corrected chi connectivity index (χ3v) is 6.39. The van der Waals surface area contributed by atoms with E-state index in [9.17, 15) is 5.11 Å². The predicted octanol–water partition coefficient (Wildman–Crippen LogP) is 4.81. The molecule has 0 radical (unpaired) electrons. The molecule has 2 aromatic heterocycles. The van der Waals surface area contributed by atoms with Crippen molar-refractivity contribution in [2.75, 3.05) is 0 Å². The monoisotopic (exact) mass is 479 g/mol. The summed E-state index contributed by atoms with van der Waals surface area (Å²) >= 11 is 7.04. The lowest BCUT2D eigenvalue weighted by Crippen LogP contribution is -2.31. The molecule has 0 unspecified atom stereocenters. The number of rotatable bonds is 1. The molecule has 0 fully saturated rings. The molecule has 6 heteroatoms. The van der Waals surface area contributed by atoms with Gasteiger partial charge in [0.2, 0.25) is 5.69 Å². The maximum atomic E-state index is 13.3. The maximum absolute atomic E-state index is 13.3. The lowest BCUT2D eigenvalue weighted by molar-refractivity contribution is -0.598. The Kier molecular flexibility index (Phi) is 3.84. The summed E-state index contributed by atoms with van der Waals surface area (Å²) in [4.78, 5) is 9.70. The van der Waals surface area contributed by atoms with E-state index in [0.717, 1.165) is 30.9 Å². The summed E-state index contributed by atoms with van der Waals surface area (Å²) in [6.07, 6.45) is 3.71. The molecule has 3 aromatic carbocycles. The Hall–Kier alpha value is -2.57. The van der Waals surface area contributed by atoms with E-state index >= 15 is 0 Å². The summed E-state index contributed by atoms with van der Waals surface area (Å²) in [7, 11) is 0. The third-order valence-electron chi connectivity index (χ3n) is 4.55. The third kappa shape index (κ3) is 2.59. The highest BCUT2D eigenvalue weighted by atomic mass is 79.9. The lowest BCUT2D eigenvalue weighted by Gasteiger charge is -2.16. The van der Waals surface area contributed by atoms with Crippen molar-refractivity contribution >= 4 is 64.7 Å². The molecule has 0 saturated carbocycles. The van der Waals surface area contributed by atoms with Crippen LogP contribution in [0.1, 0.15) is 0 Å². The zero-order chi connectivity index (χ0) is 18.5. The van der Waals surface area contributed by atoms with E-state index in [1.165, 1.54) is 0 Å². The van der Waals surface area contributed by atoms with Gasteiger partial charge in [-0.25, -0.2) is 9.97 Å². The number of benzene rings is 3. The zero-order valence-electron chi connectivity index (χ0n) is 13.9. The van der Waals surface area contributed by atoms with Crippen LogP contribution in [-0.2, 0) is 0 Å². The average Bonchev–Trinajstić information content (AvgIpc) is 2.69. The zero-order valence-corrected chi connectivity index (χ0v) is 17.0. The van der Waals surface area contributed by atoms with Crippen LogP contribution in [0.3, 0.4) is 0 Å². The van der Waals surface area contributed by atoms with Crippen molar-refractivity contribution in [1.82, 2.24) is 9.97 Å². The molecule has 0 saturated heterocycles. The molecule has 0 atom stereocenters. The molecule has 0 aliphatic carbocycles. The van der Waals surface area contributed by atoms with Gasteiger partial charge in [-0.2, -0.15) is 4.57 Å². The smallest absolute Gasteiger partial charge is 0.231 e. The molecule has 0 aliphatic heterocycles. The second-order valence-corrected chi connectivity index (χ2v) is 7.89. The first kappa shape index (κ1) is 16.6. The number of pyridine rings is 1. The standard InChI is InChI=1S/C21H11Br2N3O/c22-14-10-16-17(11-15(14)23)25-19-18(24-16)12-6-2-3-7-13(12)21(27)20(19)26-8-4-1-5-9-26/h1-11H. The fraction of sp³-hybridized carbons (Fsp3) is 0. The minimum atomic E-state index is -0.0564. The molecular weight excluding hydrogens is 470 g/mol. The molecule has 0 spiro atoms. The first-order valence-corrected chi connectivity index (χ1v) is 9.87. The summed E-state index contributed by atoms with van der Waals surface area (Å²) in [5.41, 5.74) is 3.32. The van der Waals surface area contributed by atoms with Gasteiger partial charge >= 0.3 is 0 Å². The highest BCUT2D eigenvalue weighted by Crippen LogP contribution is 2.36. The number of hydrogen-bond donors (Lipinski definition) is 0. The van der Waals surface area contributed by atoms with Crippen molar-refractivity contribution in [2.45, 2.75) is 0 Å². The van der Waals surface area contributed by atoms with Crippen molar-refractivity contribution in [3.8, 4) is 11.4 Å². The van der Waals surface area contributed by atoms with Gasteiger partial charge in [-0.15, -0.1) is 0 Å². The second kappa shape index (κ2) is 6.25. The fourth-order valence-corrected chi connectivity index (χ4v) is 3.98. The van der Waals surface area contributed by atoms with Crippen LogP contribution in [0, 0.1) is 0 Å². The average molecular weight is 481 g/mol. The van der Waals surface area contributed by atoms with E-state index in [1.807, 2.05) is 71.6 Å². The molecule has 5 aromatic rings. The first-order valence-electron chi connectivity index (χ1n) is 8.28. The molecule has 5 rings (SSSR count). The Balaban J connectivity index is 2.04. The molecule has 27 heavy (non-hydrogen) atoms. The van der Waals surface area contributed by atoms with Crippen LogP contribution >= 0.6 is 31.9 Å². The maximum Gasteiger partial charge on any atom is 0.231 e. The van der Waals surface area contributed by atoms with Gasteiger partial charge in [0, 0.05) is 26.5 Å². The number of hydrogen-bond acceptors (Lipinski definition) is 3. The molecular formula is C21H11Br2N3O. The summed E-state index contributed by atoms with van der Waals surface area (Å²) < 4.78 is 3.61. The molecule has 0 N–H and O–H groups in total. The quantitative estimate of drug-likeness (QED) is 0.196. The Bertz CT molecular complexity index is 1350. The van der Waals surface area contributed by atoms with Crippen molar-refractivity contribution in [3.63, 3.8) is 0 Å². The summed E-state index contributed by atoms with van der Waals surface area (Å²) in [5, 5.41) is 14.7. The van der Waals surface area contributed by atoms with E-state index in [-0.39, 0.29) is 5.75 Å². The van der Waals surface area contributed by atoms with Crippen molar-refractivity contribution in [3.05, 3.63) is 75.9 Å². The summed E-state index contributed by atoms with van der Waals surface area (Å²) in [6, 6.07) is 17.1. The Morgan fingerprint density at radius 1 is 0.741 bits per heavy atom. The molecule has 130 valence electrons. The minimum absolute atomic E-state index is 0.0564. The van der Waals surface area contributed by atoms with Gasteiger partial charge in [0.05, 0.1) is 11.0 Å². The van der Waals surface area contributed by atoms with E-state index in [1.54, 1.807) is 0 Å². The van der Waals surface area contributed by atoms with Crippen LogP contribution in [0.15, 0.2) is 75.9 Å². The topological polar surface area (TPSA) is 52.7 Å². The predicted molar refractivity (Wildman–Crippen MR) is 111 cm³/mol. The minimum Gasteiger partial charge on any atom is -0.867 e. The SMILES string of the molecule is [O-]c1c(-[n+]2ccccc2)c2nc3cc(Br)c(Br)cc3nc2c2ccccc12. The lowest BCUT2D eigenvalue weighted by atomic mass is 10.0. The van der Waals surface area contributed by atoms with Gasteiger partial charge in [0.1, 0.15) is 5.52 Å². The van der Waals surface area contributed by atoms with Gasteiger partial charge < -0.3 is 5.11 Å². The summed E-state index contributed by atoms with van der Waals surface area (Å²) in [6.45, 7) is 0. The normalized spacial score (nSPS) is 11.5. The van der Waals surface area contributed by atoms with Crippen LogP contribution in [0.4, 0.5) is 0 Å².